The van der Waals surface area contributed by atoms with Crippen LogP contribution in [0.15, 0.2) is 83.0 Å². The zero-order chi connectivity index (χ0) is 26.9. The summed E-state index contributed by atoms with van der Waals surface area (Å²) in [5.74, 6) is -4.92. The Balaban J connectivity index is 1.46. The fraction of sp³-hybridized carbons (Fsp3) is 0.233. The summed E-state index contributed by atoms with van der Waals surface area (Å²) in [5, 5.41) is 19.2. The van der Waals surface area contributed by atoms with Crippen LogP contribution >= 0.6 is 0 Å². The van der Waals surface area contributed by atoms with Gasteiger partial charge in [0.15, 0.2) is 11.6 Å². The summed E-state index contributed by atoms with van der Waals surface area (Å²) >= 11 is 0. The zero-order valence-corrected chi connectivity index (χ0v) is 20.4. The number of phenolic OH excluding ortho intramolecular Hbond substituents is 1. The van der Waals surface area contributed by atoms with Crippen molar-refractivity contribution < 1.29 is 34.2 Å². The van der Waals surface area contributed by atoms with E-state index in [0.29, 0.717) is 22.3 Å². The molecule has 2 aromatic carbocycles. The highest BCUT2D eigenvalue weighted by atomic mass is 16.4. The van der Waals surface area contributed by atoms with Crippen molar-refractivity contribution in [1.82, 2.24) is 0 Å². The lowest BCUT2D eigenvalue weighted by Crippen LogP contribution is -2.39. The molecule has 2 aromatic rings. The van der Waals surface area contributed by atoms with Crippen LogP contribution < -0.4 is 4.90 Å². The van der Waals surface area contributed by atoms with Crippen LogP contribution in [0.3, 0.4) is 0 Å². The molecule has 1 aliphatic heterocycles. The van der Waals surface area contributed by atoms with Crippen molar-refractivity contribution in [1.29, 1.82) is 0 Å². The molecule has 2 N–H and O–H groups in total. The maximum absolute atomic E-state index is 13.8. The van der Waals surface area contributed by atoms with Gasteiger partial charge in [0.1, 0.15) is 5.75 Å². The molecule has 190 valence electrons. The first-order valence-corrected chi connectivity index (χ1v) is 12.4. The predicted molar refractivity (Wildman–Crippen MR) is 135 cm³/mol. The number of imide groups is 1. The first kappa shape index (κ1) is 23.8. The number of allylic oxidation sites excluding steroid dienone is 6. The number of Topliss-reactive ketones (excluding diaryl/α,β-unsaturated/α-hetero) is 1. The Morgan fingerprint density at radius 1 is 0.974 bits per heavy atom. The standard InChI is InChI=1S/C30H23NO7/c1-14-11-23(33)22-13-21-19(24(26(22)27(14)34)15-5-7-18(32)8-6-15)9-10-20-25(21)29(36)31(28(20)35)17-4-2-3-16(12-17)30(37)38/h2-9,11-12,20-21,24-25,32H,10,13H2,1H3,(H,37,38). The number of fused-ring (bicyclic) bond motifs is 3. The maximum Gasteiger partial charge on any atom is 0.335 e. The number of amides is 2. The van der Waals surface area contributed by atoms with Crippen LogP contribution in [0.25, 0.3) is 0 Å². The summed E-state index contributed by atoms with van der Waals surface area (Å²) in [6.45, 7) is 1.61. The average molecular weight is 510 g/mol. The van der Waals surface area contributed by atoms with Gasteiger partial charge >= 0.3 is 5.97 Å². The van der Waals surface area contributed by atoms with Gasteiger partial charge in [0.05, 0.1) is 23.1 Å². The fourth-order valence-electron chi connectivity index (χ4n) is 6.44. The molecule has 1 heterocycles. The molecule has 1 fully saturated rings. The van der Waals surface area contributed by atoms with E-state index in [-0.39, 0.29) is 41.4 Å². The second kappa shape index (κ2) is 8.48. The third kappa shape index (κ3) is 3.40. The number of aromatic carboxylic acids is 1. The number of carboxylic acid groups (broad SMARTS) is 1. The van der Waals surface area contributed by atoms with Crippen LogP contribution in [-0.4, -0.2) is 39.6 Å². The molecule has 8 nitrogen and oxygen atoms in total. The van der Waals surface area contributed by atoms with Crippen LogP contribution in [0.4, 0.5) is 5.69 Å². The second-order valence-electron chi connectivity index (χ2n) is 10.2. The quantitative estimate of drug-likeness (QED) is 0.366. The molecular weight excluding hydrogens is 486 g/mol. The van der Waals surface area contributed by atoms with Gasteiger partial charge in [0, 0.05) is 22.6 Å². The number of carboxylic acids is 1. The van der Waals surface area contributed by atoms with E-state index in [0.717, 1.165) is 10.5 Å². The Kier molecular flexibility index (Phi) is 5.31. The highest BCUT2D eigenvalue weighted by molar-refractivity contribution is 6.25. The minimum absolute atomic E-state index is 0.0369. The third-order valence-corrected chi connectivity index (χ3v) is 8.14. The Bertz CT molecular complexity index is 1560. The monoisotopic (exact) mass is 509 g/mol. The molecule has 3 aliphatic carbocycles. The molecule has 4 atom stereocenters. The van der Waals surface area contributed by atoms with E-state index >= 15 is 0 Å². The SMILES string of the molecule is CC1=CC(=O)C2=C(C1=O)C(c1ccc(O)cc1)C1=CCC3C(=O)N(c4cccc(C(=O)O)c4)C(=O)C3C1C2. The van der Waals surface area contributed by atoms with Gasteiger partial charge in [-0.25, -0.2) is 4.79 Å². The van der Waals surface area contributed by atoms with Gasteiger partial charge in [-0.1, -0.05) is 29.8 Å². The van der Waals surface area contributed by atoms with Gasteiger partial charge in [-0.15, -0.1) is 0 Å². The average Bonchev–Trinajstić information content (AvgIpc) is 3.16. The van der Waals surface area contributed by atoms with Crippen molar-refractivity contribution in [3.63, 3.8) is 0 Å². The van der Waals surface area contributed by atoms with Gasteiger partial charge in [-0.3, -0.25) is 24.1 Å². The number of carbonyl (C=O) groups excluding carboxylic acids is 4. The lowest BCUT2D eigenvalue weighted by molar-refractivity contribution is -0.123. The van der Waals surface area contributed by atoms with Crippen LogP contribution in [0, 0.1) is 17.8 Å². The van der Waals surface area contributed by atoms with Crippen LogP contribution in [0.1, 0.15) is 41.6 Å². The number of ketones is 2. The molecule has 8 heteroatoms. The van der Waals surface area contributed by atoms with Crippen molar-refractivity contribution in [2.24, 2.45) is 17.8 Å². The van der Waals surface area contributed by atoms with E-state index in [1.165, 1.54) is 42.5 Å². The minimum Gasteiger partial charge on any atom is -0.508 e. The highest BCUT2D eigenvalue weighted by Gasteiger charge is 2.56. The first-order valence-electron chi connectivity index (χ1n) is 12.4. The van der Waals surface area contributed by atoms with Crippen LogP contribution in [0.5, 0.6) is 5.75 Å². The number of hydrogen-bond donors (Lipinski definition) is 2. The van der Waals surface area contributed by atoms with Crippen LogP contribution in [-0.2, 0) is 19.2 Å². The molecule has 0 aromatic heterocycles. The van der Waals surface area contributed by atoms with Gasteiger partial charge in [0.2, 0.25) is 11.8 Å². The molecule has 1 saturated heterocycles. The molecule has 2 amide bonds. The summed E-state index contributed by atoms with van der Waals surface area (Å²) in [4.78, 5) is 66.4. The number of anilines is 1. The molecule has 0 saturated carbocycles. The molecule has 0 radical (unpaired) electrons. The zero-order valence-electron chi connectivity index (χ0n) is 20.4. The molecule has 0 spiro atoms. The van der Waals surface area contributed by atoms with Crippen molar-refractivity contribution in [3.05, 3.63) is 94.1 Å². The fourth-order valence-corrected chi connectivity index (χ4v) is 6.44. The smallest absolute Gasteiger partial charge is 0.335 e. The van der Waals surface area contributed by atoms with E-state index < -0.39 is 41.5 Å². The largest absolute Gasteiger partial charge is 0.508 e. The third-order valence-electron chi connectivity index (χ3n) is 8.14. The maximum atomic E-state index is 13.8. The van der Waals surface area contributed by atoms with Crippen LogP contribution in [0.2, 0.25) is 0 Å². The number of benzene rings is 2. The second-order valence-corrected chi connectivity index (χ2v) is 10.2. The van der Waals surface area contributed by atoms with Crippen molar-refractivity contribution in [2.45, 2.75) is 25.7 Å². The lowest BCUT2D eigenvalue weighted by atomic mass is 9.59. The highest BCUT2D eigenvalue weighted by Crippen LogP contribution is 2.55. The van der Waals surface area contributed by atoms with Crippen molar-refractivity contribution >= 4 is 35.0 Å². The van der Waals surface area contributed by atoms with Gasteiger partial charge < -0.3 is 10.2 Å². The van der Waals surface area contributed by atoms with E-state index in [4.69, 9.17) is 0 Å². The van der Waals surface area contributed by atoms with E-state index in [1.54, 1.807) is 19.1 Å². The van der Waals surface area contributed by atoms with Crippen molar-refractivity contribution in [2.75, 3.05) is 4.90 Å². The lowest BCUT2D eigenvalue weighted by Gasteiger charge is -2.42. The number of phenols is 1. The van der Waals surface area contributed by atoms with E-state index in [1.807, 2.05) is 6.08 Å². The summed E-state index contributed by atoms with van der Waals surface area (Å²) in [5.41, 5.74) is 2.78. The number of carbonyl (C=O) groups is 5. The van der Waals surface area contributed by atoms with Gasteiger partial charge in [-0.05, 0) is 67.7 Å². The molecular formula is C30H23NO7. The predicted octanol–water partition coefficient (Wildman–Crippen LogP) is 3.72. The number of hydrogen-bond acceptors (Lipinski definition) is 6. The number of rotatable bonds is 3. The van der Waals surface area contributed by atoms with E-state index in [2.05, 4.69) is 0 Å². The molecule has 6 rings (SSSR count). The summed E-state index contributed by atoms with van der Waals surface area (Å²) < 4.78 is 0. The molecule has 0 bridgehead atoms. The minimum atomic E-state index is -1.17. The summed E-state index contributed by atoms with van der Waals surface area (Å²) in [7, 11) is 0. The first-order chi connectivity index (χ1) is 18.2. The Morgan fingerprint density at radius 2 is 1.71 bits per heavy atom. The Morgan fingerprint density at radius 3 is 2.42 bits per heavy atom. The summed E-state index contributed by atoms with van der Waals surface area (Å²) in [6.07, 6.45) is 3.69. The number of aromatic hydroxyl groups is 1. The van der Waals surface area contributed by atoms with Gasteiger partial charge in [0.25, 0.3) is 0 Å². The van der Waals surface area contributed by atoms with Gasteiger partial charge in [-0.2, -0.15) is 0 Å². The Labute approximate surface area is 217 Å². The normalized spacial score (nSPS) is 26.5. The van der Waals surface area contributed by atoms with Crippen molar-refractivity contribution in [3.8, 4) is 5.75 Å². The topological polar surface area (TPSA) is 129 Å². The van der Waals surface area contributed by atoms with E-state index in [9.17, 15) is 34.2 Å². The molecule has 38 heavy (non-hydrogen) atoms. The number of nitrogens with zero attached hydrogens (tertiary/aromatic N) is 1. The Hall–Kier alpha value is -4.59. The molecule has 4 unspecified atom stereocenters. The molecule has 4 aliphatic rings. The summed E-state index contributed by atoms with van der Waals surface area (Å²) in [6, 6.07) is 12.2.